The molecule has 3 aliphatic heterocycles. The number of hydrogen-bond acceptors (Lipinski definition) is 4. The van der Waals surface area contributed by atoms with Gasteiger partial charge in [-0.2, -0.15) is 0 Å². The molecule has 0 spiro atoms. The van der Waals surface area contributed by atoms with E-state index in [0.29, 0.717) is 11.8 Å². The van der Waals surface area contributed by atoms with Gasteiger partial charge in [-0.3, -0.25) is 14.7 Å². The Kier molecular flexibility index (Phi) is 5.79. The third-order valence-electron chi connectivity index (χ3n) is 7.39. The van der Waals surface area contributed by atoms with E-state index in [1.807, 2.05) is 67.7 Å². The van der Waals surface area contributed by atoms with Crippen molar-refractivity contribution in [2.75, 3.05) is 13.1 Å². The van der Waals surface area contributed by atoms with E-state index in [1.54, 1.807) is 0 Å². The predicted molar refractivity (Wildman–Crippen MR) is 127 cm³/mol. The first-order valence-electron chi connectivity index (χ1n) is 11.6. The van der Waals surface area contributed by atoms with E-state index in [-0.39, 0.29) is 24.0 Å². The molecule has 0 amide bonds. The number of pyridine rings is 1. The van der Waals surface area contributed by atoms with Crippen LogP contribution in [-0.2, 0) is 9.53 Å². The molecule has 6 rings (SSSR count). The molecule has 0 radical (unpaired) electrons. The summed E-state index contributed by atoms with van der Waals surface area (Å²) in [5.41, 5.74) is 2.96. The van der Waals surface area contributed by atoms with Crippen LogP contribution in [0.4, 0.5) is 0 Å². The standard InChI is InChI=1S/C28H30N2O2/c1-3-20-18-30-16-14-22(20)17-26(30)27(24-13-15-29-25-12-8-7-11-23(24)25)32-28(31)19(2)21-9-5-4-6-10-21/h3-13,15,19-20,22,26-27H,1,14,16-18H2,2H3. The highest BCUT2D eigenvalue weighted by Crippen LogP contribution is 2.43. The Bertz CT molecular complexity index is 1110. The molecular weight excluding hydrogens is 396 g/mol. The number of nitrogens with zero attached hydrogens (tertiary/aromatic N) is 2. The molecular formula is C28H30N2O2. The van der Waals surface area contributed by atoms with Gasteiger partial charge in [-0.1, -0.05) is 54.6 Å². The van der Waals surface area contributed by atoms with Crippen LogP contribution in [0.1, 0.15) is 42.9 Å². The quantitative estimate of drug-likeness (QED) is 0.384. The first kappa shape index (κ1) is 20.9. The number of esters is 1. The van der Waals surface area contributed by atoms with Gasteiger partial charge in [-0.05, 0) is 55.8 Å². The van der Waals surface area contributed by atoms with Crippen LogP contribution < -0.4 is 0 Å². The molecule has 0 saturated carbocycles. The lowest BCUT2D eigenvalue weighted by Crippen LogP contribution is -2.55. The lowest BCUT2D eigenvalue weighted by molar-refractivity contribution is -0.158. The third kappa shape index (κ3) is 3.84. The Balaban J connectivity index is 1.51. The number of carbonyl (C=O) groups is 1. The lowest BCUT2D eigenvalue weighted by atomic mass is 9.73. The molecule has 32 heavy (non-hydrogen) atoms. The lowest BCUT2D eigenvalue weighted by Gasteiger charge is -2.51. The topological polar surface area (TPSA) is 42.4 Å². The molecule has 3 aliphatic rings. The van der Waals surface area contributed by atoms with Gasteiger partial charge in [0.15, 0.2) is 0 Å². The van der Waals surface area contributed by atoms with Gasteiger partial charge in [-0.25, -0.2) is 0 Å². The Morgan fingerprint density at radius 3 is 2.69 bits per heavy atom. The highest BCUT2D eigenvalue weighted by Gasteiger charge is 2.44. The number of carbonyl (C=O) groups excluding carboxylic acids is 1. The fraction of sp³-hybridized carbons (Fsp3) is 0.357. The van der Waals surface area contributed by atoms with Gasteiger partial charge in [0, 0.05) is 23.7 Å². The average Bonchev–Trinajstić information content (AvgIpc) is 2.87. The molecule has 0 aliphatic carbocycles. The maximum Gasteiger partial charge on any atom is 0.313 e. The molecule has 4 heteroatoms. The number of piperidine rings is 3. The summed E-state index contributed by atoms with van der Waals surface area (Å²) < 4.78 is 6.39. The van der Waals surface area contributed by atoms with Gasteiger partial charge >= 0.3 is 5.97 Å². The van der Waals surface area contributed by atoms with Crippen molar-refractivity contribution in [2.45, 2.75) is 37.8 Å². The van der Waals surface area contributed by atoms with Gasteiger partial charge in [0.05, 0.1) is 17.5 Å². The van der Waals surface area contributed by atoms with E-state index in [4.69, 9.17) is 4.74 Å². The predicted octanol–water partition coefficient (Wildman–Crippen LogP) is 5.52. The molecule has 6 atom stereocenters. The highest BCUT2D eigenvalue weighted by molar-refractivity contribution is 5.83. The minimum absolute atomic E-state index is 0.169. The molecule has 4 nitrogen and oxygen atoms in total. The number of aromatic nitrogens is 1. The second kappa shape index (κ2) is 8.87. The van der Waals surface area contributed by atoms with Crippen molar-refractivity contribution in [2.24, 2.45) is 11.8 Å². The first-order valence-corrected chi connectivity index (χ1v) is 11.6. The van der Waals surface area contributed by atoms with Gasteiger partial charge in [0.2, 0.25) is 0 Å². The smallest absolute Gasteiger partial charge is 0.313 e. The van der Waals surface area contributed by atoms with Crippen molar-refractivity contribution in [3.63, 3.8) is 0 Å². The minimum atomic E-state index is -0.324. The monoisotopic (exact) mass is 426 g/mol. The molecule has 4 heterocycles. The van der Waals surface area contributed by atoms with Gasteiger partial charge in [0.25, 0.3) is 0 Å². The highest BCUT2D eigenvalue weighted by atomic mass is 16.5. The normalized spacial score (nSPS) is 26.4. The van der Waals surface area contributed by atoms with Gasteiger partial charge < -0.3 is 4.74 Å². The number of benzene rings is 2. The van der Waals surface area contributed by atoms with Crippen molar-refractivity contribution in [1.29, 1.82) is 0 Å². The van der Waals surface area contributed by atoms with Gasteiger partial charge in [0.1, 0.15) is 6.10 Å². The summed E-state index contributed by atoms with van der Waals surface area (Å²) in [6, 6.07) is 20.2. The SMILES string of the molecule is C=CC1CN2CCC1CC2C(OC(=O)C(C)c1ccccc1)c1ccnc2ccccc12. The van der Waals surface area contributed by atoms with E-state index in [2.05, 4.69) is 28.6 Å². The zero-order valence-electron chi connectivity index (χ0n) is 18.6. The van der Waals surface area contributed by atoms with Crippen LogP contribution in [0.3, 0.4) is 0 Å². The molecule has 0 N–H and O–H groups in total. The molecule has 1 aromatic heterocycles. The van der Waals surface area contributed by atoms with Crippen molar-refractivity contribution in [3.8, 4) is 0 Å². The van der Waals surface area contributed by atoms with Crippen molar-refractivity contribution in [1.82, 2.24) is 9.88 Å². The maximum atomic E-state index is 13.4. The summed E-state index contributed by atoms with van der Waals surface area (Å²) in [7, 11) is 0. The van der Waals surface area contributed by atoms with E-state index in [0.717, 1.165) is 41.5 Å². The zero-order chi connectivity index (χ0) is 22.1. The third-order valence-corrected chi connectivity index (χ3v) is 7.39. The molecule has 2 aromatic carbocycles. The summed E-state index contributed by atoms with van der Waals surface area (Å²) in [5, 5.41) is 1.06. The van der Waals surface area contributed by atoms with Crippen LogP contribution in [0, 0.1) is 11.8 Å². The van der Waals surface area contributed by atoms with Crippen LogP contribution in [0.25, 0.3) is 10.9 Å². The number of rotatable bonds is 6. The van der Waals surface area contributed by atoms with Crippen LogP contribution in [-0.4, -0.2) is 35.0 Å². The Labute approximate surface area is 189 Å². The number of hydrogen-bond donors (Lipinski definition) is 0. The van der Waals surface area contributed by atoms with Crippen LogP contribution in [0.5, 0.6) is 0 Å². The minimum Gasteiger partial charge on any atom is -0.455 e. The van der Waals surface area contributed by atoms with Crippen LogP contribution >= 0.6 is 0 Å². The van der Waals surface area contributed by atoms with Crippen LogP contribution in [0.2, 0.25) is 0 Å². The Hall–Kier alpha value is -2.98. The summed E-state index contributed by atoms with van der Waals surface area (Å²) in [6.07, 6.45) is 5.82. The summed E-state index contributed by atoms with van der Waals surface area (Å²) in [6.45, 7) is 8.02. The van der Waals surface area contributed by atoms with Crippen molar-refractivity contribution >= 4 is 16.9 Å². The molecule has 3 saturated heterocycles. The molecule has 3 aromatic rings. The summed E-state index contributed by atoms with van der Waals surface area (Å²) in [5.74, 6) is 0.630. The molecule has 164 valence electrons. The summed E-state index contributed by atoms with van der Waals surface area (Å²) in [4.78, 5) is 20.4. The van der Waals surface area contributed by atoms with E-state index in [9.17, 15) is 4.79 Å². The second-order valence-electron chi connectivity index (χ2n) is 9.15. The van der Waals surface area contributed by atoms with Crippen molar-refractivity contribution < 1.29 is 9.53 Å². The van der Waals surface area contributed by atoms with Crippen LogP contribution in [0.15, 0.2) is 79.5 Å². The number of fused-ring (bicyclic) bond motifs is 4. The second-order valence-corrected chi connectivity index (χ2v) is 9.15. The van der Waals surface area contributed by atoms with E-state index >= 15 is 0 Å². The largest absolute Gasteiger partial charge is 0.455 e. The average molecular weight is 427 g/mol. The van der Waals surface area contributed by atoms with E-state index in [1.165, 1.54) is 6.42 Å². The number of ether oxygens (including phenoxy) is 1. The molecule has 3 fully saturated rings. The molecule has 6 unspecified atom stereocenters. The Morgan fingerprint density at radius 2 is 1.94 bits per heavy atom. The fourth-order valence-electron chi connectivity index (χ4n) is 5.51. The van der Waals surface area contributed by atoms with Gasteiger partial charge in [-0.15, -0.1) is 6.58 Å². The summed E-state index contributed by atoms with van der Waals surface area (Å²) >= 11 is 0. The Morgan fingerprint density at radius 1 is 1.16 bits per heavy atom. The number of para-hydroxylation sites is 1. The zero-order valence-corrected chi connectivity index (χ0v) is 18.6. The van der Waals surface area contributed by atoms with E-state index < -0.39 is 0 Å². The molecule has 2 bridgehead atoms. The maximum absolute atomic E-state index is 13.4. The van der Waals surface area contributed by atoms with Crippen molar-refractivity contribution in [3.05, 3.63) is 90.6 Å². The fourth-order valence-corrected chi connectivity index (χ4v) is 5.51. The first-order chi connectivity index (χ1) is 15.7.